The molecule has 0 bridgehead atoms. The van der Waals surface area contributed by atoms with Crippen LogP contribution in [0.15, 0.2) is 59.8 Å². The second-order valence-electron chi connectivity index (χ2n) is 5.63. The van der Waals surface area contributed by atoms with Gasteiger partial charge in [0, 0.05) is 10.7 Å². The van der Waals surface area contributed by atoms with Crippen LogP contribution in [0.3, 0.4) is 0 Å². The molecule has 140 valence electrons. The highest BCUT2D eigenvalue weighted by Crippen LogP contribution is 2.23. The number of nitrogens with one attached hydrogen (secondary N) is 1. The van der Waals surface area contributed by atoms with Crippen LogP contribution >= 0.6 is 23.4 Å². The molecule has 0 fully saturated rings. The number of hydrogen-bond donors (Lipinski definition) is 2. The van der Waals surface area contributed by atoms with Gasteiger partial charge < -0.3 is 15.9 Å². The molecule has 1 amide bonds. The number of ether oxygens (including phenoxy) is 1. The predicted molar refractivity (Wildman–Crippen MR) is 106 cm³/mol. The van der Waals surface area contributed by atoms with Crippen molar-refractivity contribution in [1.29, 1.82) is 0 Å². The van der Waals surface area contributed by atoms with Crippen molar-refractivity contribution in [2.45, 2.75) is 23.9 Å². The van der Waals surface area contributed by atoms with Crippen LogP contribution < -0.4 is 15.9 Å². The lowest BCUT2D eigenvalue weighted by Crippen LogP contribution is -2.24. The Labute approximate surface area is 165 Å². The molecule has 1 atom stereocenters. The molecule has 0 aliphatic carbocycles. The fourth-order valence-corrected chi connectivity index (χ4v) is 3.06. The van der Waals surface area contributed by atoms with Gasteiger partial charge in [-0.1, -0.05) is 41.6 Å². The van der Waals surface area contributed by atoms with Gasteiger partial charge in [0.2, 0.25) is 11.1 Å². The van der Waals surface area contributed by atoms with Gasteiger partial charge in [-0.05, 0) is 43.3 Å². The Kier molecular flexibility index (Phi) is 6.20. The van der Waals surface area contributed by atoms with E-state index in [1.165, 1.54) is 16.4 Å². The zero-order valence-electron chi connectivity index (χ0n) is 14.5. The van der Waals surface area contributed by atoms with E-state index in [1.54, 1.807) is 31.2 Å². The molecule has 3 rings (SSSR count). The molecular weight excluding hydrogens is 386 g/mol. The number of para-hydroxylation sites is 1. The molecule has 0 radical (unpaired) electrons. The summed E-state index contributed by atoms with van der Waals surface area (Å²) in [6.45, 7) is 1.93. The summed E-state index contributed by atoms with van der Waals surface area (Å²) in [6.07, 6.45) is 0. The number of hydrogen-bond acceptors (Lipinski definition) is 6. The number of amides is 1. The summed E-state index contributed by atoms with van der Waals surface area (Å²) in [7, 11) is 0. The van der Waals surface area contributed by atoms with Crippen LogP contribution in [0.4, 0.5) is 5.69 Å². The van der Waals surface area contributed by atoms with Crippen LogP contribution in [-0.2, 0) is 11.4 Å². The molecule has 0 aliphatic rings. The Hall–Kier alpha value is -2.71. The van der Waals surface area contributed by atoms with E-state index in [-0.39, 0.29) is 12.5 Å². The first-order valence-electron chi connectivity index (χ1n) is 8.13. The van der Waals surface area contributed by atoms with Crippen LogP contribution in [0.2, 0.25) is 5.02 Å². The van der Waals surface area contributed by atoms with E-state index in [2.05, 4.69) is 15.5 Å². The Bertz CT molecular complexity index is 902. The maximum absolute atomic E-state index is 12.3. The smallest absolute Gasteiger partial charge is 0.237 e. The third kappa shape index (κ3) is 5.15. The molecule has 0 aliphatic heterocycles. The van der Waals surface area contributed by atoms with Gasteiger partial charge in [0.25, 0.3) is 0 Å². The van der Waals surface area contributed by atoms with Gasteiger partial charge in [0.1, 0.15) is 12.4 Å². The summed E-state index contributed by atoms with van der Waals surface area (Å²) < 4.78 is 6.95. The van der Waals surface area contributed by atoms with E-state index < -0.39 is 5.25 Å². The molecule has 3 aromatic rings. The fourth-order valence-electron chi connectivity index (χ4n) is 2.14. The first kappa shape index (κ1) is 19.1. The molecule has 1 heterocycles. The highest BCUT2D eigenvalue weighted by atomic mass is 35.5. The van der Waals surface area contributed by atoms with Crippen molar-refractivity contribution in [1.82, 2.24) is 14.9 Å². The normalized spacial score (nSPS) is 11.8. The summed E-state index contributed by atoms with van der Waals surface area (Å²) >= 11 is 7.07. The van der Waals surface area contributed by atoms with Gasteiger partial charge >= 0.3 is 0 Å². The largest absolute Gasteiger partial charge is 0.486 e. The van der Waals surface area contributed by atoms with Crippen molar-refractivity contribution in [3.8, 4) is 5.75 Å². The third-order valence-electron chi connectivity index (χ3n) is 3.61. The van der Waals surface area contributed by atoms with Gasteiger partial charge in [-0.25, -0.2) is 4.68 Å². The molecule has 7 nitrogen and oxygen atoms in total. The molecule has 9 heteroatoms. The second kappa shape index (κ2) is 8.79. The molecule has 0 saturated heterocycles. The third-order valence-corrected chi connectivity index (χ3v) is 4.92. The number of carbonyl (C=O) groups is 1. The molecule has 0 saturated carbocycles. The highest BCUT2D eigenvalue weighted by molar-refractivity contribution is 8.00. The minimum Gasteiger partial charge on any atom is -0.486 e. The van der Waals surface area contributed by atoms with Gasteiger partial charge in [-0.2, -0.15) is 0 Å². The number of aromatic nitrogens is 3. The van der Waals surface area contributed by atoms with Crippen molar-refractivity contribution in [3.05, 3.63) is 65.4 Å². The van der Waals surface area contributed by atoms with E-state index in [4.69, 9.17) is 22.2 Å². The minimum absolute atomic E-state index is 0.145. The van der Waals surface area contributed by atoms with Crippen LogP contribution in [-0.4, -0.2) is 26.0 Å². The Morgan fingerprint density at radius 3 is 2.63 bits per heavy atom. The van der Waals surface area contributed by atoms with Crippen molar-refractivity contribution >= 4 is 35.0 Å². The lowest BCUT2D eigenvalue weighted by Gasteiger charge is -2.11. The number of carbonyl (C=O) groups excluding carboxylic acids is 1. The van der Waals surface area contributed by atoms with Crippen LogP contribution in [0.1, 0.15) is 12.7 Å². The van der Waals surface area contributed by atoms with Gasteiger partial charge in [-0.3, -0.25) is 4.79 Å². The average molecular weight is 404 g/mol. The van der Waals surface area contributed by atoms with Crippen molar-refractivity contribution in [2.24, 2.45) is 0 Å². The Balaban J connectivity index is 1.57. The summed E-state index contributed by atoms with van der Waals surface area (Å²) in [4.78, 5) is 12.3. The number of nitrogen functional groups attached to an aromatic ring is 1. The highest BCUT2D eigenvalue weighted by Gasteiger charge is 2.19. The van der Waals surface area contributed by atoms with Crippen LogP contribution in [0, 0.1) is 0 Å². The average Bonchev–Trinajstić information content (AvgIpc) is 3.02. The van der Waals surface area contributed by atoms with Gasteiger partial charge in [0.05, 0.1) is 5.25 Å². The fraction of sp³-hybridized carbons (Fsp3) is 0.167. The van der Waals surface area contributed by atoms with Gasteiger partial charge in [-0.15, -0.1) is 10.2 Å². The summed E-state index contributed by atoms with van der Waals surface area (Å²) in [5.74, 6) is 6.98. The number of nitrogens with zero attached hydrogens (tertiary/aromatic N) is 3. The maximum atomic E-state index is 12.3. The number of thioether (sulfide) groups is 1. The molecule has 27 heavy (non-hydrogen) atoms. The summed E-state index contributed by atoms with van der Waals surface area (Å²) in [5.41, 5.74) is 0.737. The molecule has 1 aromatic heterocycles. The standard InChI is InChI=1S/C18H18ClN5O2S/c1-12(17(25)21-14-5-3-2-4-6-14)27-18-23-22-16(24(18)20)11-26-15-9-7-13(19)8-10-15/h2-10,12H,11,20H2,1H3,(H,21,25)/t12-/m1/s1. The van der Waals surface area contributed by atoms with E-state index >= 15 is 0 Å². The molecule has 0 unspecified atom stereocenters. The van der Waals surface area contributed by atoms with E-state index in [1.807, 2.05) is 30.3 Å². The van der Waals surface area contributed by atoms with Gasteiger partial charge in [0.15, 0.2) is 5.82 Å². The molecule has 3 N–H and O–H groups in total. The number of anilines is 1. The Morgan fingerprint density at radius 1 is 1.22 bits per heavy atom. The minimum atomic E-state index is -0.401. The topological polar surface area (TPSA) is 95.1 Å². The van der Waals surface area contributed by atoms with Crippen LogP contribution in [0.25, 0.3) is 0 Å². The number of benzene rings is 2. The van der Waals surface area contributed by atoms with Crippen LogP contribution in [0.5, 0.6) is 5.75 Å². The SMILES string of the molecule is C[C@@H](Sc1nnc(COc2ccc(Cl)cc2)n1N)C(=O)Nc1ccccc1. The summed E-state index contributed by atoms with van der Waals surface area (Å²) in [6, 6.07) is 16.2. The molecule has 2 aromatic carbocycles. The second-order valence-corrected chi connectivity index (χ2v) is 7.37. The zero-order valence-corrected chi connectivity index (χ0v) is 16.1. The van der Waals surface area contributed by atoms with E-state index in [0.717, 1.165) is 5.69 Å². The van der Waals surface area contributed by atoms with Crippen molar-refractivity contribution in [2.75, 3.05) is 11.2 Å². The summed E-state index contributed by atoms with van der Waals surface area (Å²) in [5, 5.41) is 11.6. The number of halogens is 1. The van der Waals surface area contributed by atoms with Crippen molar-refractivity contribution in [3.63, 3.8) is 0 Å². The van der Waals surface area contributed by atoms with E-state index in [9.17, 15) is 4.79 Å². The zero-order chi connectivity index (χ0) is 19.2. The van der Waals surface area contributed by atoms with Crippen molar-refractivity contribution < 1.29 is 9.53 Å². The predicted octanol–water partition coefficient (Wildman–Crippen LogP) is 3.34. The molecular formula is C18H18ClN5O2S. The molecule has 0 spiro atoms. The van der Waals surface area contributed by atoms with E-state index in [0.29, 0.717) is 21.8 Å². The lowest BCUT2D eigenvalue weighted by atomic mass is 10.3. The quantitative estimate of drug-likeness (QED) is 0.464. The number of nitrogens with two attached hydrogens (primary N) is 1. The first-order valence-corrected chi connectivity index (χ1v) is 9.39. The number of rotatable bonds is 7. The Morgan fingerprint density at radius 2 is 1.93 bits per heavy atom. The lowest BCUT2D eigenvalue weighted by molar-refractivity contribution is -0.115. The maximum Gasteiger partial charge on any atom is 0.237 e. The monoisotopic (exact) mass is 403 g/mol. The first-order chi connectivity index (χ1) is 13.0.